The highest BCUT2D eigenvalue weighted by Crippen LogP contribution is 2.39. The molecule has 3 rings (SSSR count). The van der Waals surface area contributed by atoms with Crippen molar-refractivity contribution in [2.45, 2.75) is 32.6 Å². The van der Waals surface area contributed by atoms with Crippen LogP contribution < -0.4 is 0 Å². The van der Waals surface area contributed by atoms with Gasteiger partial charge in [0.1, 0.15) is 0 Å². The Morgan fingerprint density at radius 2 is 1.69 bits per heavy atom. The fourth-order valence-corrected chi connectivity index (χ4v) is 3.73. The summed E-state index contributed by atoms with van der Waals surface area (Å²) in [6.45, 7) is 6.42. The average Bonchev–Trinajstić information content (AvgIpc) is 2.64. The molecule has 0 bridgehead atoms. The summed E-state index contributed by atoms with van der Waals surface area (Å²) < 4.78 is 4.70. The minimum Gasteiger partial charge on any atom is -0.465 e. The molecule has 1 atom stereocenters. The number of methoxy groups -OCH3 is 1. The summed E-state index contributed by atoms with van der Waals surface area (Å²) in [6, 6.07) is 13.4. The van der Waals surface area contributed by atoms with Gasteiger partial charge in [0.15, 0.2) is 5.78 Å². The number of ether oxygens (including phenoxy) is 1. The number of fused-ring (bicyclic) bond motifs is 1. The van der Waals surface area contributed by atoms with E-state index in [4.69, 9.17) is 4.74 Å². The van der Waals surface area contributed by atoms with Crippen LogP contribution in [0.2, 0.25) is 0 Å². The lowest BCUT2D eigenvalue weighted by Gasteiger charge is -2.35. The molecule has 0 N–H and O–H groups in total. The van der Waals surface area contributed by atoms with Gasteiger partial charge in [0.25, 0.3) is 0 Å². The quantitative estimate of drug-likeness (QED) is 0.569. The van der Waals surface area contributed by atoms with Gasteiger partial charge < -0.3 is 4.74 Å². The normalized spacial score (nSPS) is 18.6. The van der Waals surface area contributed by atoms with Crippen molar-refractivity contribution >= 4 is 23.9 Å². The monoisotopic (exact) mass is 348 g/mol. The van der Waals surface area contributed by atoms with Crippen LogP contribution in [0.25, 0.3) is 12.2 Å². The van der Waals surface area contributed by atoms with Crippen molar-refractivity contribution in [1.82, 2.24) is 0 Å². The van der Waals surface area contributed by atoms with E-state index in [9.17, 15) is 9.59 Å². The zero-order chi connectivity index (χ0) is 18.9. The zero-order valence-corrected chi connectivity index (χ0v) is 15.7. The summed E-state index contributed by atoms with van der Waals surface area (Å²) in [4.78, 5) is 24.1. The Morgan fingerprint density at radius 3 is 2.35 bits per heavy atom. The highest BCUT2D eigenvalue weighted by atomic mass is 16.5. The van der Waals surface area contributed by atoms with Crippen LogP contribution in [0.4, 0.5) is 0 Å². The number of ketones is 1. The molecule has 2 aromatic carbocycles. The van der Waals surface area contributed by atoms with Crippen LogP contribution in [0.1, 0.15) is 64.6 Å². The minimum absolute atomic E-state index is 0.0224. The lowest BCUT2D eigenvalue weighted by atomic mass is 9.68. The molecule has 0 saturated carbocycles. The van der Waals surface area contributed by atoms with Crippen molar-refractivity contribution < 1.29 is 14.3 Å². The molecule has 1 aliphatic rings. The maximum absolute atomic E-state index is 12.6. The van der Waals surface area contributed by atoms with E-state index in [2.05, 4.69) is 26.0 Å². The molecule has 2 aromatic rings. The Bertz CT molecular complexity index is 873. The van der Waals surface area contributed by atoms with Gasteiger partial charge >= 0.3 is 5.97 Å². The van der Waals surface area contributed by atoms with Gasteiger partial charge in [-0.25, -0.2) is 4.79 Å². The molecule has 1 aliphatic carbocycles. The fourth-order valence-electron chi connectivity index (χ4n) is 3.73. The summed E-state index contributed by atoms with van der Waals surface area (Å²) in [5, 5.41) is 0. The molecule has 0 saturated heterocycles. The third-order valence-corrected chi connectivity index (χ3v) is 5.10. The molecule has 0 spiro atoms. The number of esters is 1. The van der Waals surface area contributed by atoms with Crippen molar-refractivity contribution in [3.05, 3.63) is 70.3 Å². The van der Waals surface area contributed by atoms with E-state index in [-0.39, 0.29) is 23.1 Å². The van der Waals surface area contributed by atoms with E-state index in [0.717, 1.165) is 28.7 Å². The summed E-state index contributed by atoms with van der Waals surface area (Å²) in [5.74, 6) is -0.0509. The van der Waals surface area contributed by atoms with Crippen LogP contribution in [-0.2, 0) is 10.2 Å². The maximum atomic E-state index is 12.6. The van der Waals surface area contributed by atoms with Crippen molar-refractivity contribution in [2.24, 2.45) is 5.92 Å². The number of hydrogen-bond donors (Lipinski definition) is 0. The van der Waals surface area contributed by atoms with Crippen LogP contribution in [0.5, 0.6) is 0 Å². The largest absolute Gasteiger partial charge is 0.465 e. The molecule has 0 fully saturated rings. The van der Waals surface area contributed by atoms with Gasteiger partial charge in [-0.15, -0.1) is 0 Å². The first kappa shape index (κ1) is 18.1. The van der Waals surface area contributed by atoms with E-state index in [1.54, 1.807) is 12.1 Å². The first-order chi connectivity index (χ1) is 12.3. The van der Waals surface area contributed by atoms with Crippen LogP contribution in [0.15, 0.2) is 42.5 Å². The van der Waals surface area contributed by atoms with E-state index in [0.29, 0.717) is 5.56 Å². The second-order valence-electron chi connectivity index (χ2n) is 7.61. The number of hydrogen-bond acceptors (Lipinski definition) is 3. The van der Waals surface area contributed by atoms with Crippen LogP contribution >= 0.6 is 0 Å². The van der Waals surface area contributed by atoms with Gasteiger partial charge in [0.05, 0.1) is 12.7 Å². The van der Waals surface area contributed by atoms with Crippen LogP contribution in [0, 0.1) is 5.92 Å². The Hall–Kier alpha value is -2.68. The minimum atomic E-state index is -0.342. The van der Waals surface area contributed by atoms with E-state index in [1.807, 2.05) is 37.3 Å². The van der Waals surface area contributed by atoms with E-state index < -0.39 is 0 Å². The van der Waals surface area contributed by atoms with Gasteiger partial charge in [0.2, 0.25) is 0 Å². The predicted octanol–water partition coefficient (Wildman–Crippen LogP) is 5.14. The summed E-state index contributed by atoms with van der Waals surface area (Å²) >= 11 is 0. The molecule has 3 heteroatoms. The van der Waals surface area contributed by atoms with Crippen molar-refractivity contribution in [3.8, 4) is 0 Å². The number of carbonyl (C=O) groups excluding carboxylic acids is 2. The lowest BCUT2D eigenvalue weighted by Crippen LogP contribution is -2.33. The molecule has 0 radical (unpaired) electrons. The van der Waals surface area contributed by atoms with Gasteiger partial charge in [-0.2, -0.15) is 0 Å². The molecule has 134 valence electrons. The van der Waals surface area contributed by atoms with Gasteiger partial charge in [-0.1, -0.05) is 57.2 Å². The first-order valence-corrected chi connectivity index (χ1v) is 8.87. The predicted molar refractivity (Wildman–Crippen MR) is 104 cm³/mol. The van der Waals surface area contributed by atoms with Gasteiger partial charge in [0, 0.05) is 11.5 Å². The Labute approximate surface area is 154 Å². The molecule has 1 unspecified atom stereocenters. The Kier molecular flexibility index (Phi) is 4.82. The fraction of sp³-hybridized carbons (Fsp3) is 0.304. The average molecular weight is 348 g/mol. The number of rotatable bonds is 3. The molecule has 0 aromatic heterocycles. The lowest BCUT2D eigenvalue weighted by molar-refractivity contribution is 0.0600. The smallest absolute Gasteiger partial charge is 0.337 e. The molecular formula is C23H24O3. The van der Waals surface area contributed by atoms with E-state index in [1.165, 1.54) is 7.11 Å². The standard InChI is InChI=1S/C23H24O3/c1-15-14-23(2,3)20-12-9-17(13-19(20)21(15)24)6-5-16-7-10-18(11-8-16)22(25)26-4/h5-13,15H,14H2,1-4H3. The summed E-state index contributed by atoms with van der Waals surface area (Å²) in [5.41, 5.74) is 4.51. The van der Waals surface area contributed by atoms with Crippen molar-refractivity contribution in [1.29, 1.82) is 0 Å². The Morgan fingerprint density at radius 1 is 1.08 bits per heavy atom. The highest BCUT2D eigenvalue weighted by molar-refractivity contribution is 6.01. The molecule has 0 amide bonds. The number of benzene rings is 2. The number of Topliss-reactive ketones (excluding diaryl/α,β-unsaturated/α-hetero) is 1. The summed E-state index contributed by atoms with van der Waals surface area (Å²) in [6.07, 6.45) is 4.86. The summed E-state index contributed by atoms with van der Waals surface area (Å²) in [7, 11) is 1.37. The highest BCUT2D eigenvalue weighted by Gasteiger charge is 2.35. The first-order valence-electron chi connectivity index (χ1n) is 8.87. The molecule has 3 nitrogen and oxygen atoms in total. The SMILES string of the molecule is COC(=O)c1ccc(C=Cc2ccc3c(c2)C(=O)C(C)CC3(C)C)cc1. The van der Waals surface area contributed by atoms with E-state index >= 15 is 0 Å². The van der Waals surface area contributed by atoms with Crippen molar-refractivity contribution in [3.63, 3.8) is 0 Å². The molecular weight excluding hydrogens is 324 g/mol. The van der Waals surface area contributed by atoms with Gasteiger partial charge in [-0.3, -0.25) is 4.79 Å². The molecule has 0 aliphatic heterocycles. The maximum Gasteiger partial charge on any atom is 0.337 e. The second-order valence-corrected chi connectivity index (χ2v) is 7.61. The third-order valence-electron chi connectivity index (χ3n) is 5.10. The second kappa shape index (κ2) is 6.91. The zero-order valence-electron chi connectivity index (χ0n) is 15.7. The molecule has 26 heavy (non-hydrogen) atoms. The van der Waals surface area contributed by atoms with Gasteiger partial charge in [-0.05, 0) is 46.7 Å². The number of carbonyl (C=O) groups is 2. The Balaban J connectivity index is 1.86. The van der Waals surface area contributed by atoms with Crippen LogP contribution in [0.3, 0.4) is 0 Å². The third kappa shape index (κ3) is 3.48. The molecule has 0 heterocycles. The van der Waals surface area contributed by atoms with Crippen LogP contribution in [-0.4, -0.2) is 18.9 Å². The van der Waals surface area contributed by atoms with Crippen molar-refractivity contribution in [2.75, 3.05) is 7.11 Å². The topological polar surface area (TPSA) is 43.4 Å².